The summed E-state index contributed by atoms with van der Waals surface area (Å²) in [6.07, 6.45) is 7.16. The van der Waals surface area contributed by atoms with Crippen molar-refractivity contribution >= 4 is 34.5 Å². The van der Waals surface area contributed by atoms with Gasteiger partial charge in [-0.1, -0.05) is 30.0 Å². The molecule has 1 unspecified atom stereocenters. The van der Waals surface area contributed by atoms with Crippen LogP contribution in [0.4, 0.5) is 0 Å². The Labute approximate surface area is 102 Å². The van der Waals surface area contributed by atoms with Crippen LogP contribution in [-0.4, -0.2) is 33.6 Å². The molecule has 0 saturated carbocycles. The predicted molar refractivity (Wildman–Crippen MR) is 66.4 cm³/mol. The van der Waals surface area contributed by atoms with Crippen molar-refractivity contribution in [2.24, 2.45) is 15.9 Å². The van der Waals surface area contributed by atoms with E-state index in [9.17, 15) is 9.59 Å². The van der Waals surface area contributed by atoms with Crippen molar-refractivity contribution < 1.29 is 14.7 Å². The number of carbonyl (C=O) groups is 2. The molecule has 0 aromatic rings. The number of amides is 1. The van der Waals surface area contributed by atoms with Gasteiger partial charge in [-0.2, -0.15) is 4.99 Å². The molecule has 5 nitrogen and oxygen atoms in total. The lowest BCUT2D eigenvalue weighted by atomic mass is 9.97. The molecule has 1 N–H and O–H groups in total. The van der Waals surface area contributed by atoms with Gasteiger partial charge < -0.3 is 5.11 Å². The molecule has 0 spiro atoms. The van der Waals surface area contributed by atoms with E-state index in [-0.39, 0.29) is 18.2 Å². The summed E-state index contributed by atoms with van der Waals surface area (Å²) < 4.78 is 0. The summed E-state index contributed by atoms with van der Waals surface area (Å²) in [6.45, 7) is 0. The zero-order chi connectivity index (χ0) is 12.3. The number of carboxylic acids is 1. The fourth-order valence-electron chi connectivity index (χ4n) is 1.44. The van der Waals surface area contributed by atoms with Crippen LogP contribution in [0.25, 0.3) is 0 Å². The highest BCUT2D eigenvalue weighted by atomic mass is 32.2. The number of allylic oxidation sites excluding steroid dienone is 3. The maximum atomic E-state index is 11.7. The number of nitrogens with zero attached hydrogens (tertiary/aromatic N) is 2. The molecule has 6 heteroatoms. The van der Waals surface area contributed by atoms with E-state index in [0.29, 0.717) is 16.6 Å². The van der Waals surface area contributed by atoms with Gasteiger partial charge in [0.25, 0.3) is 5.91 Å². The van der Waals surface area contributed by atoms with Crippen LogP contribution in [-0.2, 0) is 9.59 Å². The maximum Gasteiger partial charge on any atom is 0.304 e. The Morgan fingerprint density at radius 2 is 2.24 bits per heavy atom. The van der Waals surface area contributed by atoms with Crippen LogP contribution in [0.5, 0.6) is 0 Å². The van der Waals surface area contributed by atoms with Crippen LogP contribution in [0.15, 0.2) is 34.3 Å². The molecule has 0 aromatic heterocycles. The fraction of sp³-hybridized carbons (Fsp3) is 0.273. The second-order valence-corrected chi connectivity index (χ2v) is 4.55. The van der Waals surface area contributed by atoms with Crippen molar-refractivity contribution in [3.63, 3.8) is 0 Å². The number of thioether (sulfide) groups is 1. The molecule has 0 aromatic carbocycles. The van der Waals surface area contributed by atoms with E-state index in [1.54, 1.807) is 18.2 Å². The van der Waals surface area contributed by atoms with Gasteiger partial charge in [0.15, 0.2) is 5.17 Å². The molecule has 1 heterocycles. The van der Waals surface area contributed by atoms with Crippen molar-refractivity contribution in [1.82, 2.24) is 0 Å². The molecule has 1 atom stereocenters. The van der Waals surface area contributed by atoms with E-state index in [1.165, 1.54) is 11.8 Å². The van der Waals surface area contributed by atoms with E-state index < -0.39 is 5.97 Å². The second kappa shape index (κ2) is 5.09. The van der Waals surface area contributed by atoms with Gasteiger partial charge in [0.05, 0.1) is 12.1 Å². The molecule has 1 aliphatic carbocycles. The number of hydrogen-bond acceptors (Lipinski definition) is 4. The van der Waals surface area contributed by atoms with E-state index >= 15 is 0 Å². The molecule has 0 bridgehead atoms. The summed E-state index contributed by atoms with van der Waals surface area (Å²) in [5, 5.41) is 8.86. The van der Waals surface area contributed by atoms with Crippen LogP contribution >= 0.6 is 11.8 Å². The first kappa shape index (κ1) is 11.8. The highest BCUT2D eigenvalue weighted by molar-refractivity contribution is 8.13. The van der Waals surface area contributed by atoms with Gasteiger partial charge in [-0.15, -0.1) is 0 Å². The molecule has 1 amide bonds. The first-order valence-electron chi connectivity index (χ1n) is 5.07. The van der Waals surface area contributed by atoms with Crippen molar-refractivity contribution in [2.45, 2.75) is 6.42 Å². The lowest BCUT2D eigenvalue weighted by Gasteiger charge is -2.16. The van der Waals surface area contributed by atoms with Gasteiger partial charge in [0.1, 0.15) is 5.92 Å². The highest BCUT2D eigenvalue weighted by Crippen LogP contribution is 2.20. The molecule has 0 radical (unpaired) electrons. The summed E-state index contributed by atoms with van der Waals surface area (Å²) in [7, 11) is 0. The number of hydrogen-bond donors (Lipinski definition) is 1. The van der Waals surface area contributed by atoms with E-state index in [0.717, 1.165) is 0 Å². The van der Waals surface area contributed by atoms with Crippen LogP contribution in [0, 0.1) is 5.92 Å². The van der Waals surface area contributed by atoms with Crippen molar-refractivity contribution in [3.8, 4) is 0 Å². The average Bonchev–Trinajstić information content (AvgIpc) is 2.28. The normalized spacial score (nSPS) is 21.9. The van der Waals surface area contributed by atoms with Crippen LogP contribution in [0.1, 0.15) is 6.42 Å². The van der Waals surface area contributed by atoms with Crippen molar-refractivity contribution in [3.05, 3.63) is 24.3 Å². The number of carboxylic acid groups (broad SMARTS) is 1. The molecule has 88 valence electrons. The van der Waals surface area contributed by atoms with Crippen LogP contribution in [0.3, 0.4) is 0 Å². The monoisotopic (exact) mass is 250 g/mol. The molecule has 2 aliphatic rings. The highest BCUT2D eigenvalue weighted by Gasteiger charge is 2.26. The minimum atomic E-state index is -0.869. The molecule has 2 rings (SSSR count). The molecule has 17 heavy (non-hydrogen) atoms. The predicted octanol–water partition coefficient (Wildman–Crippen LogP) is 1.27. The van der Waals surface area contributed by atoms with Gasteiger partial charge in [-0.3, -0.25) is 9.59 Å². The topological polar surface area (TPSA) is 79.1 Å². The SMILES string of the molecule is O=C(O)CCSC1=NC(=O)C2C=CC=CC2=N1. The first-order chi connectivity index (χ1) is 8.16. The van der Waals surface area contributed by atoms with Crippen molar-refractivity contribution in [1.29, 1.82) is 0 Å². The number of amidine groups is 1. The Balaban J connectivity index is 2.03. The molecule has 0 saturated heterocycles. The van der Waals surface area contributed by atoms with Gasteiger partial charge in [0.2, 0.25) is 0 Å². The third kappa shape index (κ3) is 2.91. The third-order valence-electron chi connectivity index (χ3n) is 2.24. The van der Waals surface area contributed by atoms with Gasteiger partial charge in [-0.25, -0.2) is 4.99 Å². The number of fused-ring (bicyclic) bond motifs is 1. The summed E-state index contributed by atoms with van der Waals surface area (Å²) >= 11 is 1.19. The number of carbonyl (C=O) groups excluding carboxylic acids is 1. The van der Waals surface area contributed by atoms with E-state index in [2.05, 4.69) is 9.98 Å². The average molecular weight is 250 g/mol. The zero-order valence-corrected chi connectivity index (χ0v) is 9.68. The van der Waals surface area contributed by atoms with Crippen molar-refractivity contribution in [2.75, 3.05) is 5.75 Å². The smallest absolute Gasteiger partial charge is 0.304 e. The molecule has 0 fully saturated rings. The third-order valence-corrected chi connectivity index (χ3v) is 3.09. The standard InChI is InChI=1S/C11H10N2O3S/c14-9(15)5-6-17-11-12-8-4-2-1-3-7(8)10(16)13-11/h1-4,7H,5-6H2,(H,14,15). The van der Waals surface area contributed by atoms with E-state index in [1.807, 2.05) is 6.08 Å². The van der Waals surface area contributed by atoms with Gasteiger partial charge >= 0.3 is 5.97 Å². The Hall–Kier alpha value is -1.69. The Kier molecular flexibility index (Phi) is 3.53. The number of aliphatic imine (C=N–C) groups is 2. The minimum absolute atomic E-state index is 0.0297. The number of aliphatic carboxylic acids is 1. The Morgan fingerprint density at radius 1 is 1.41 bits per heavy atom. The van der Waals surface area contributed by atoms with Crippen LogP contribution < -0.4 is 0 Å². The molecule has 1 aliphatic heterocycles. The first-order valence-corrected chi connectivity index (χ1v) is 6.06. The van der Waals surface area contributed by atoms with Crippen LogP contribution in [0.2, 0.25) is 0 Å². The summed E-state index contributed by atoms with van der Waals surface area (Å²) in [6, 6.07) is 0. The summed E-state index contributed by atoms with van der Waals surface area (Å²) in [5.74, 6) is -1.12. The lowest BCUT2D eigenvalue weighted by Crippen LogP contribution is -2.26. The van der Waals surface area contributed by atoms with E-state index in [4.69, 9.17) is 5.11 Å². The van der Waals surface area contributed by atoms with Gasteiger partial charge in [0, 0.05) is 5.75 Å². The number of rotatable bonds is 3. The maximum absolute atomic E-state index is 11.7. The minimum Gasteiger partial charge on any atom is -0.481 e. The summed E-state index contributed by atoms with van der Waals surface area (Å²) in [5.41, 5.74) is 0.672. The summed E-state index contributed by atoms with van der Waals surface area (Å²) in [4.78, 5) is 30.1. The quantitative estimate of drug-likeness (QED) is 0.818. The fourth-order valence-corrected chi connectivity index (χ4v) is 2.22. The lowest BCUT2D eigenvalue weighted by molar-refractivity contribution is -0.136. The largest absolute Gasteiger partial charge is 0.481 e. The van der Waals surface area contributed by atoms with Gasteiger partial charge in [-0.05, 0) is 6.08 Å². The zero-order valence-electron chi connectivity index (χ0n) is 8.87. The second-order valence-electron chi connectivity index (χ2n) is 3.48. The Morgan fingerprint density at radius 3 is 3.00 bits per heavy atom. The molecular weight excluding hydrogens is 240 g/mol. The Bertz CT molecular complexity index is 477. The molecular formula is C11H10N2O3S.